The molecule has 3 heterocycles. The van der Waals surface area contributed by atoms with E-state index in [9.17, 15) is 9.59 Å². The van der Waals surface area contributed by atoms with E-state index in [0.717, 1.165) is 19.4 Å². The van der Waals surface area contributed by atoms with Gasteiger partial charge in [0.2, 0.25) is 0 Å². The van der Waals surface area contributed by atoms with E-state index in [0.29, 0.717) is 32.0 Å². The highest BCUT2D eigenvalue weighted by Crippen LogP contribution is 2.28. The standard InChI is InChI=1S/C15H20N2O4/c1-16-12(4-2-5-13(16)18)14(19)17-7-9-21-15(10-17)6-3-8-20-11-15/h2,4-5H,3,6-11H2,1H3. The van der Waals surface area contributed by atoms with Crippen molar-refractivity contribution in [1.29, 1.82) is 0 Å². The molecule has 0 saturated carbocycles. The highest BCUT2D eigenvalue weighted by molar-refractivity contribution is 5.92. The van der Waals surface area contributed by atoms with Crippen molar-refractivity contribution < 1.29 is 14.3 Å². The molecule has 2 aliphatic heterocycles. The van der Waals surface area contributed by atoms with Crippen LogP contribution in [0.4, 0.5) is 0 Å². The predicted octanol–water partition coefficient (Wildman–Crippen LogP) is 0.407. The van der Waals surface area contributed by atoms with Crippen molar-refractivity contribution in [2.24, 2.45) is 7.05 Å². The van der Waals surface area contributed by atoms with E-state index in [1.165, 1.54) is 10.6 Å². The Kier molecular flexibility index (Phi) is 3.82. The van der Waals surface area contributed by atoms with Crippen molar-refractivity contribution in [2.45, 2.75) is 18.4 Å². The summed E-state index contributed by atoms with van der Waals surface area (Å²) in [5, 5.41) is 0. The maximum atomic E-state index is 12.7. The molecule has 2 fully saturated rings. The number of morpholine rings is 1. The van der Waals surface area contributed by atoms with Gasteiger partial charge in [0, 0.05) is 26.3 Å². The van der Waals surface area contributed by atoms with E-state index >= 15 is 0 Å². The second-order valence-electron chi connectivity index (χ2n) is 5.72. The minimum atomic E-state index is -0.375. The fourth-order valence-electron chi connectivity index (χ4n) is 3.02. The molecule has 114 valence electrons. The van der Waals surface area contributed by atoms with Gasteiger partial charge < -0.3 is 18.9 Å². The second-order valence-corrected chi connectivity index (χ2v) is 5.72. The van der Waals surface area contributed by atoms with E-state index in [4.69, 9.17) is 9.47 Å². The molecule has 1 spiro atoms. The van der Waals surface area contributed by atoms with Gasteiger partial charge in [-0.25, -0.2) is 0 Å². The Labute approximate surface area is 123 Å². The van der Waals surface area contributed by atoms with Gasteiger partial charge in [0.1, 0.15) is 11.3 Å². The third kappa shape index (κ3) is 2.73. The first-order valence-corrected chi connectivity index (χ1v) is 7.28. The molecular weight excluding hydrogens is 272 g/mol. The fraction of sp³-hybridized carbons (Fsp3) is 0.600. The van der Waals surface area contributed by atoms with Crippen molar-refractivity contribution >= 4 is 5.91 Å². The van der Waals surface area contributed by atoms with Crippen LogP contribution in [-0.2, 0) is 16.5 Å². The molecule has 1 unspecified atom stereocenters. The number of carbonyl (C=O) groups excluding carboxylic acids is 1. The van der Waals surface area contributed by atoms with Gasteiger partial charge in [0.15, 0.2) is 0 Å². The minimum Gasteiger partial charge on any atom is -0.378 e. The summed E-state index contributed by atoms with van der Waals surface area (Å²) in [6.07, 6.45) is 1.86. The summed E-state index contributed by atoms with van der Waals surface area (Å²) >= 11 is 0. The first-order chi connectivity index (χ1) is 10.1. The number of hydrogen-bond acceptors (Lipinski definition) is 4. The molecule has 21 heavy (non-hydrogen) atoms. The highest BCUT2D eigenvalue weighted by atomic mass is 16.5. The van der Waals surface area contributed by atoms with Crippen molar-refractivity contribution in [1.82, 2.24) is 9.47 Å². The second kappa shape index (κ2) is 5.61. The van der Waals surface area contributed by atoms with E-state index in [2.05, 4.69) is 0 Å². The average molecular weight is 292 g/mol. The third-order valence-electron chi connectivity index (χ3n) is 4.23. The molecule has 0 radical (unpaired) electrons. The van der Waals surface area contributed by atoms with Gasteiger partial charge in [-0.05, 0) is 18.9 Å². The van der Waals surface area contributed by atoms with Gasteiger partial charge in [-0.1, -0.05) is 6.07 Å². The Bertz CT molecular complexity index is 584. The van der Waals surface area contributed by atoms with Crippen LogP contribution in [0.15, 0.2) is 23.0 Å². The molecular formula is C15H20N2O4. The Hall–Kier alpha value is -1.66. The molecule has 1 aromatic rings. The van der Waals surface area contributed by atoms with Crippen LogP contribution in [-0.4, -0.2) is 53.9 Å². The van der Waals surface area contributed by atoms with Crippen LogP contribution in [0.5, 0.6) is 0 Å². The summed E-state index contributed by atoms with van der Waals surface area (Å²) in [6.45, 7) is 2.87. The largest absolute Gasteiger partial charge is 0.378 e. The minimum absolute atomic E-state index is 0.122. The Morgan fingerprint density at radius 3 is 2.95 bits per heavy atom. The number of nitrogens with zero attached hydrogens (tertiary/aromatic N) is 2. The molecule has 6 heteroatoms. The van der Waals surface area contributed by atoms with E-state index in [-0.39, 0.29) is 17.1 Å². The number of hydrogen-bond donors (Lipinski definition) is 0. The van der Waals surface area contributed by atoms with Crippen LogP contribution >= 0.6 is 0 Å². The normalized spacial score (nSPS) is 26.0. The SMILES string of the molecule is Cn1c(C(=O)N2CCOC3(CCCOC3)C2)cccc1=O. The first-order valence-electron chi connectivity index (χ1n) is 7.28. The van der Waals surface area contributed by atoms with Gasteiger partial charge >= 0.3 is 0 Å². The smallest absolute Gasteiger partial charge is 0.270 e. The van der Waals surface area contributed by atoms with Crippen LogP contribution < -0.4 is 5.56 Å². The van der Waals surface area contributed by atoms with Crippen LogP contribution in [0.1, 0.15) is 23.3 Å². The van der Waals surface area contributed by atoms with Crippen LogP contribution in [0.2, 0.25) is 0 Å². The number of pyridine rings is 1. The van der Waals surface area contributed by atoms with Crippen molar-refractivity contribution in [3.63, 3.8) is 0 Å². The van der Waals surface area contributed by atoms with E-state index in [1.807, 2.05) is 0 Å². The Morgan fingerprint density at radius 2 is 2.19 bits per heavy atom. The lowest BCUT2D eigenvalue weighted by atomic mass is 9.94. The maximum Gasteiger partial charge on any atom is 0.270 e. The van der Waals surface area contributed by atoms with Gasteiger partial charge in [0.25, 0.3) is 11.5 Å². The monoisotopic (exact) mass is 292 g/mol. The Balaban J connectivity index is 1.81. The van der Waals surface area contributed by atoms with Crippen molar-refractivity contribution in [3.8, 4) is 0 Å². The topological polar surface area (TPSA) is 60.8 Å². The summed E-state index contributed by atoms with van der Waals surface area (Å²) in [7, 11) is 1.62. The number of amides is 1. The van der Waals surface area contributed by atoms with Crippen molar-refractivity contribution in [3.05, 3.63) is 34.2 Å². The number of rotatable bonds is 1. The molecule has 3 rings (SSSR count). The van der Waals surface area contributed by atoms with E-state index in [1.54, 1.807) is 24.1 Å². The summed E-state index contributed by atoms with van der Waals surface area (Å²) in [5.41, 5.74) is -0.138. The zero-order chi connectivity index (χ0) is 14.9. The third-order valence-corrected chi connectivity index (χ3v) is 4.23. The lowest BCUT2D eigenvalue weighted by Crippen LogP contribution is -2.57. The number of carbonyl (C=O) groups is 1. The highest BCUT2D eigenvalue weighted by Gasteiger charge is 2.40. The van der Waals surface area contributed by atoms with Crippen LogP contribution in [0, 0.1) is 0 Å². The van der Waals surface area contributed by atoms with Gasteiger partial charge in [0.05, 0.1) is 19.8 Å². The summed E-state index contributed by atoms with van der Waals surface area (Å²) in [4.78, 5) is 26.1. The van der Waals surface area contributed by atoms with Crippen molar-refractivity contribution in [2.75, 3.05) is 32.9 Å². The molecule has 2 saturated heterocycles. The van der Waals surface area contributed by atoms with Gasteiger partial charge in [-0.2, -0.15) is 0 Å². The zero-order valence-corrected chi connectivity index (χ0v) is 12.2. The zero-order valence-electron chi connectivity index (χ0n) is 12.2. The maximum absolute atomic E-state index is 12.7. The summed E-state index contributed by atoms with van der Waals surface area (Å²) in [5.74, 6) is -0.122. The molecule has 0 bridgehead atoms. The predicted molar refractivity (Wildman–Crippen MR) is 76.3 cm³/mol. The fourth-order valence-corrected chi connectivity index (χ4v) is 3.02. The Morgan fingerprint density at radius 1 is 1.33 bits per heavy atom. The first kappa shape index (κ1) is 14.3. The quantitative estimate of drug-likeness (QED) is 0.752. The van der Waals surface area contributed by atoms with Gasteiger partial charge in [-0.3, -0.25) is 9.59 Å². The molecule has 0 aromatic carbocycles. The molecule has 1 atom stereocenters. The summed E-state index contributed by atoms with van der Waals surface area (Å²) in [6, 6.07) is 4.76. The van der Waals surface area contributed by atoms with E-state index < -0.39 is 0 Å². The number of ether oxygens (including phenoxy) is 2. The molecule has 6 nitrogen and oxygen atoms in total. The summed E-state index contributed by atoms with van der Waals surface area (Å²) < 4.78 is 12.8. The lowest BCUT2D eigenvalue weighted by molar-refractivity contribution is -0.160. The number of aromatic nitrogens is 1. The van der Waals surface area contributed by atoms with Crippen LogP contribution in [0.3, 0.4) is 0 Å². The molecule has 1 amide bonds. The molecule has 0 N–H and O–H groups in total. The molecule has 1 aromatic heterocycles. The van der Waals surface area contributed by atoms with Gasteiger partial charge in [-0.15, -0.1) is 0 Å². The molecule has 2 aliphatic rings. The lowest BCUT2D eigenvalue weighted by Gasteiger charge is -2.44. The molecule has 0 aliphatic carbocycles. The average Bonchev–Trinajstić information content (AvgIpc) is 2.50. The van der Waals surface area contributed by atoms with Crippen LogP contribution in [0.25, 0.3) is 0 Å².